The number of carboxylic acid groups (broad SMARTS) is 1. The molecule has 0 aromatic heterocycles. The molecule has 5 nitrogen and oxygen atoms in total. The largest absolute Gasteiger partial charge is 0.492 e. The Morgan fingerprint density at radius 1 is 0.894 bits per heavy atom. The highest BCUT2D eigenvalue weighted by atomic mass is 16.5. The molecule has 2 unspecified atom stereocenters. The molecule has 0 fully saturated rings. The van der Waals surface area contributed by atoms with Crippen LogP contribution < -0.4 is 4.74 Å². The van der Waals surface area contributed by atoms with Crippen LogP contribution in [-0.4, -0.2) is 49.4 Å². The van der Waals surface area contributed by atoms with Gasteiger partial charge in [-0.2, -0.15) is 0 Å². The van der Waals surface area contributed by atoms with E-state index >= 15 is 0 Å². The predicted octanol–water partition coefficient (Wildman–Crippen LogP) is 8.72. The lowest BCUT2D eigenvalue weighted by molar-refractivity contribution is -0.148. The SMILES string of the molecule is COC(Cc1ccc(OCCN(C)C2=C3C=C(C(C)c4ccccc4)CC=C3CCc3cc(-c4ccccc4)ccc32)cc1)C(=O)O. The van der Waals surface area contributed by atoms with Gasteiger partial charge in [-0.15, -0.1) is 0 Å². The fraction of sp³-hybridized carbons (Fsp3) is 0.262. The number of hydrogen-bond acceptors (Lipinski definition) is 4. The first kappa shape index (κ1) is 32.1. The van der Waals surface area contributed by atoms with Crippen molar-refractivity contribution in [2.75, 3.05) is 27.3 Å². The lowest BCUT2D eigenvalue weighted by atomic mass is 9.83. The number of allylic oxidation sites excluding steroid dienone is 5. The maximum Gasteiger partial charge on any atom is 0.333 e. The van der Waals surface area contributed by atoms with Gasteiger partial charge in [0, 0.05) is 37.6 Å². The third-order valence-electron chi connectivity index (χ3n) is 9.48. The van der Waals surface area contributed by atoms with E-state index in [0.29, 0.717) is 25.5 Å². The highest BCUT2D eigenvalue weighted by molar-refractivity contribution is 5.80. The topological polar surface area (TPSA) is 59.0 Å². The quantitative estimate of drug-likeness (QED) is 0.171. The molecule has 0 radical (unpaired) electrons. The van der Waals surface area contributed by atoms with Gasteiger partial charge in [0.05, 0.1) is 12.2 Å². The molecular formula is C42H43NO4. The summed E-state index contributed by atoms with van der Waals surface area (Å²) in [5.74, 6) is 0.127. The number of aliphatic carboxylic acids is 1. The number of carbonyl (C=O) groups is 1. The molecule has 4 aromatic rings. The fourth-order valence-corrected chi connectivity index (χ4v) is 6.69. The maximum absolute atomic E-state index is 11.4. The average molecular weight is 626 g/mol. The second-order valence-corrected chi connectivity index (χ2v) is 12.5. The zero-order chi connectivity index (χ0) is 32.8. The molecule has 47 heavy (non-hydrogen) atoms. The van der Waals surface area contributed by atoms with Crippen molar-refractivity contribution >= 4 is 11.7 Å². The summed E-state index contributed by atoms with van der Waals surface area (Å²) in [5, 5.41) is 9.31. The summed E-state index contributed by atoms with van der Waals surface area (Å²) in [6, 6.07) is 36.0. The molecule has 0 saturated heterocycles. The first-order chi connectivity index (χ1) is 22.9. The van der Waals surface area contributed by atoms with Gasteiger partial charge < -0.3 is 19.5 Å². The number of carboxylic acids is 1. The maximum atomic E-state index is 11.4. The van der Waals surface area contributed by atoms with E-state index < -0.39 is 12.1 Å². The van der Waals surface area contributed by atoms with Crippen molar-refractivity contribution in [3.8, 4) is 16.9 Å². The summed E-state index contributed by atoms with van der Waals surface area (Å²) in [6.45, 7) is 3.53. The number of aryl methyl sites for hydroxylation is 1. The molecule has 4 aromatic carbocycles. The lowest BCUT2D eigenvalue weighted by Crippen LogP contribution is -2.25. The zero-order valence-electron chi connectivity index (χ0n) is 27.5. The van der Waals surface area contributed by atoms with Crippen LogP contribution in [0.4, 0.5) is 0 Å². The van der Waals surface area contributed by atoms with Crippen LogP contribution in [0.1, 0.15) is 47.9 Å². The molecule has 2 atom stereocenters. The van der Waals surface area contributed by atoms with Gasteiger partial charge in [0.25, 0.3) is 0 Å². The smallest absolute Gasteiger partial charge is 0.333 e. The summed E-state index contributed by atoms with van der Waals surface area (Å²) < 4.78 is 11.3. The van der Waals surface area contributed by atoms with Crippen molar-refractivity contribution in [2.24, 2.45) is 0 Å². The first-order valence-corrected chi connectivity index (χ1v) is 16.5. The Kier molecular flexibility index (Phi) is 10.0. The number of hydrogen-bond donors (Lipinski definition) is 1. The van der Waals surface area contributed by atoms with E-state index in [0.717, 1.165) is 30.6 Å². The minimum Gasteiger partial charge on any atom is -0.492 e. The van der Waals surface area contributed by atoms with E-state index in [4.69, 9.17) is 9.47 Å². The van der Waals surface area contributed by atoms with Crippen LogP contribution in [0.15, 0.2) is 132 Å². The second kappa shape index (κ2) is 14.7. The van der Waals surface area contributed by atoms with Crippen molar-refractivity contribution in [2.45, 2.75) is 44.6 Å². The molecule has 240 valence electrons. The van der Waals surface area contributed by atoms with Crippen LogP contribution in [0.3, 0.4) is 0 Å². The molecule has 5 heteroatoms. The Balaban J connectivity index is 1.28. The summed E-state index contributed by atoms with van der Waals surface area (Å²) in [7, 11) is 3.59. The van der Waals surface area contributed by atoms with Gasteiger partial charge in [-0.3, -0.25) is 0 Å². The number of fused-ring (bicyclic) bond motifs is 2. The highest BCUT2D eigenvalue weighted by Crippen LogP contribution is 2.42. The minimum atomic E-state index is -0.963. The van der Waals surface area contributed by atoms with E-state index in [9.17, 15) is 9.90 Å². The average Bonchev–Trinajstić information content (AvgIpc) is 3.27. The number of ether oxygens (including phenoxy) is 2. The monoisotopic (exact) mass is 625 g/mol. The molecular weight excluding hydrogens is 582 g/mol. The van der Waals surface area contributed by atoms with E-state index in [-0.39, 0.29) is 0 Å². The van der Waals surface area contributed by atoms with Gasteiger partial charge >= 0.3 is 5.97 Å². The molecule has 1 N–H and O–H groups in total. The predicted molar refractivity (Wildman–Crippen MR) is 189 cm³/mol. The van der Waals surface area contributed by atoms with Crippen LogP contribution in [0.25, 0.3) is 16.8 Å². The Bertz CT molecular complexity index is 1790. The van der Waals surface area contributed by atoms with Gasteiger partial charge in [-0.25, -0.2) is 4.79 Å². The molecule has 2 aliphatic carbocycles. The van der Waals surface area contributed by atoms with Gasteiger partial charge in [-0.05, 0) is 64.8 Å². The molecule has 0 heterocycles. The van der Waals surface area contributed by atoms with Crippen molar-refractivity contribution in [1.29, 1.82) is 0 Å². The Morgan fingerprint density at radius 3 is 2.32 bits per heavy atom. The Morgan fingerprint density at radius 2 is 1.62 bits per heavy atom. The van der Waals surface area contributed by atoms with Crippen LogP contribution in [0, 0.1) is 0 Å². The number of rotatable bonds is 12. The van der Waals surface area contributed by atoms with Crippen LogP contribution >= 0.6 is 0 Å². The van der Waals surface area contributed by atoms with Gasteiger partial charge in [0.15, 0.2) is 6.10 Å². The number of likely N-dealkylation sites (N-methyl/N-ethyl adjacent to an activating group) is 1. The van der Waals surface area contributed by atoms with Crippen LogP contribution in [0.5, 0.6) is 5.75 Å². The molecule has 0 bridgehead atoms. The van der Waals surface area contributed by atoms with E-state index in [1.807, 2.05) is 24.3 Å². The Labute approximate surface area is 278 Å². The molecule has 2 aliphatic rings. The highest BCUT2D eigenvalue weighted by Gasteiger charge is 2.26. The third-order valence-corrected chi connectivity index (χ3v) is 9.48. The van der Waals surface area contributed by atoms with Crippen LogP contribution in [0.2, 0.25) is 0 Å². The Hall–Kier alpha value is -4.87. The summed E-state index contributed by atoms with van der Waals surface area (Å²) in [5.41, 5.74) is 12.8. The molecule has 6 rings (SSSR count). The summed E-state index contributed by atoms with van der Waals surface area (Å²) in [4.78, 5) is 13.7. The van der Waals surface area contributed by atoms with Gasteiger partial charge in [0.2, 0.25) is 0 Å². The van der Waals surface area contributed by atoms with Gasteiger partial charge in [0.1, 0.15) is 12.4 Å². The van der Waals surface area contributed by atoms with Crippen molar-refractivity contribution in [3.05, 3.63) is 154 Å². The second-order valence-electron chi connectivity index (χ2n) is 12.5. The summed E-state index contributed by atoms with van der Waals surface area (Å²) in [6.07, 6.45) is 7.34. The van der Waals surface area contributed by atoms with Gasteiger partial charge in [-0.1, -0.05) is 116 Å². The van der Waals surface area contributed by atoms with E-state index in [2.05, 4.69) is 110 Å². The summed E-state index contributed by atoms with van der Waals surface area (Å²) >= 11 is 0. The number of benzene rings is 4. The van der Waals surface area contributed by atoms with E-state index in [1.54, 1.807) is 0 Å². The van der Waals surface area contributed by atoms with Crippen molar-refractivity contribution in [3.63, 3.8) is 0 Å². The first-order valence-electron chi connectivity index (χ1n) is 16.5. The van der Waals surface area contributed by atoms with Crippen molar-refractivity contribution < 1.29 is 19.4 Å². The molecule has 0 amide bonds. The number of nitrogens with zero attached hydrogens (tertiary/aromatic N) is 1. The molecule has 0 aliphatic heterocycles. The molecule has 0 saturated carbocycles. The third kappa shape index (κ3) is 7.42. The number of methoxy groups -OCH3 is 1. The fourth-order valence-electron chi connectivity index (χ4n) is 6.69. The molecule has 0 spiro atoms. The normalized spacial score (nSPS) is 15.4. The van der Waals surface area contributed by atoms with Crippen molar-refractivity contribution in [1.82, 2.24) is 4.90 Å². The minimum absolute atomic E-state index is 0.311. The van der Waals surface area contributed by atoms with Crippen LogP contribution in [-0.2, 0) is 22.4 Å². The lowest BCUT2D eigenvalue weighted by Gasteiger charge is -2.29. The van der Waals surface area contributed by atoms with E-state index in [1.165, 1.54) is 57.3 Å². The zero-order valence-corrected chi connectivity index (χ0v) is 27.5. The standard InChI is InChI=1S/C42H43NO4/c1-29(31-10-6-4-7-11-31)34-18-16-33-17-19-36-27-35(32-12-8-5-9-13-32)20-23-38(36)41(39(33)28-34)43(2)24-25-47-37-21-14-30(15-22-37)26-40(46-3)42(44)45/h4-16,20-23,27-29,40H,17-19,24-26H2,1-3H3,(H,44,45).